The number of halogens is 1. The molecule has 0 unspecified atom stereocenters. The summed E-state index contributed by atoms with van der Waals surface area (Å²) >= 11 is 6.01. The Bertz CT molecular complexity index is 736. The lowest BCUT2D eigenvalue weighted by molar-refractivity contribution is 0.0300. The maximum atomic E-state index is 13.0. The molecule has 1 aromatic carbocycles. The molecule has 154 valence electrons. The van der Waals surface area contributed by atoms with Crippen LogP contribution in [0.3, 0.4) is 0 Å². The van der Waals surface area contributed by atoms with Crippen LogP contribution in [0.4, 0.5) is 4.79 Å². The Morgan fingerprint density at radius 1 is 1.18 bits per heavy atom. The summed E-state index contributed by atoms with van der Waals surface area (Å²) in [6, 6.07) is 5.09. The number of benzene rings is 1. The van der Waals surface area contributed by atoms with E-state index in [1.165, 1.54) is 0 Å². The van der Waals surface area contributed by atoms with E-state index in [0.29, 0.717) is 29.4 Å². The van der Waals surface area contributed by atoms with Gasteiger partial charge in [0.15, 0.2) is 0 Å². The minimum Gasteiger partial charge on any atom is -0.496 e. The first-order valence-corrected chi connectivity index (χ1v) is 10.2. The van der Waals surface area contributed by atoms with Crippen LogP contribution in [0.15, 0.2) is 18.2 Å². The van der Waals surface area contributed by atoms with Gasteiger partial charge in [0.05, 0.1) is 12.7 Å². The first-order chi connectivity index (χ1) is 13.4. The second kappa shape index (κ2) is 8.57. The molecule has 0 saturated carbocycles. The number of carbonyl (C=O) groups is 2. The zero-order valence-electron chi connectivity index (χ0n) is 16.8. The van der Waals surface area contributed by atoms with Gasteiger partial charge in [0, 0.05) is 56.9 Å². The van der Waals surface area contributed by atoms with E-state index in [4.69, 9.17) is 16.3 Å². The monoisotopic (exact) mass is 408 g/mol. The van der Waals surface area contributed by atoms with Crippen LogP contribution in [-0.2, 0) is 0 Å². The maximum absolute atomic E-state index is 13.0. The van der Waals surface area contributed by atoms with Crippen molar-refractivity contribution in [1.29, 1.82) is 0 Å². The summed E-state index contributed by atoms with van der Waals surface area (Å²) in [5.74, 6) is 0.471. The fraction of sp³-hybridized carbons (Fsp3) is 0.600. The van der Waals surface area contributed by atoms with E-state index in [-0.39, 0.29) is 17.5 Å². The number of carbonyl (C=O) groups excluding carboxylic acids is 2. The predicted octanol–water partition coefficient (Wildman–Crippen LogP) is 2.30. The predicted molar refractivity (Wildman–Crippen MR) is 109 cm³/mol. The molecule has 0 spiro atoms. The van der Waals surface area contributed by atoms with Crippen LogP contribution in [0.25, 0.3) is 0 Å². The van der Waals surface area contributed by atoms with Crippen molar-refractivity contribution in [3.8, 4) is 5.75 Å². The van der Waals surface area contributed by atoms with Gasteiger partial charge in [-0.15, -0.1) is 0 Å². The number of rotatable bonds is 4. The lowest BCUT2D eigenvalue weighted by atomic mass is 9.92. The molecular weight excluding hydrogens is 380 g/mol. The van der Waals surface area contributed by atoms with Crippen LogP contribution in [0, 0.1) is 0 Å². The van der Waals surface area contributed by atoms with Crippen molar-refractivity contribution in [2.45, 2.75) is 25.3 Å². The van der Waals surface area contributed by atoms with Gasteiger partial charge in [-0.2, -0.15) is 0 Å². The lowest BCUT2D eigenvalue weighted by Gasteiger charge is -2.45. The lowest BCUT2D eigenvalue weighted by Crippen LogP contribution is -2.59. The highest BCUT2D eigenvalue weighted by molar-refractivity contribution is 6.30. The molecule has 1 aromatic rings. The topological polar surface area (TPSA) is 65.1 Å². The Kier molecular flexibility index (Phi) is 6.35. The average Bonchev–Trinajstić information content (AvgIpc) is 3.18. The standard InChI is InChI=1S/C20H29ClN4O3/c1-4-20(7-8-24(14-20)19(27)22-2)25-11-9-23(10-12-25)18(26)16-6-5-15(21)13-17(16)28-3/h5-6,13H,4,7-12,14H2,1-3H3,(H,22,27)/t20-/m1/s1. The molecule has 8 heteroatoms. The molecule has 3 rings (SSSR count). The summed E-state index contributed by atoms with van der Waals surface area (Å²) in [6.07, 6.45) is 1.95. The SMILES string of the molecule is CC[C@@]1(N2CCN(C(=O)c3ccc(Cl)cc3OC)CC2)CCN(C(=O)NC)C1. The smallest absolute Gasteiger partial charge is 0.317 e. The molecular formula is C20H29ClN4O3. The van der Waals surface area contributed by atoms with Crippen LogP contribution < -0.4 is 10.1 Å². The Morgan fingerprint density at radius 2 is 1.89 bits per heavy atom. The third-order valence-electron chi connectivity index (χ3n) is 6.12. The second-order valence-corrected chi connectivity index (χ2v) is 7.86. The third kappa shape index (κ3) is 3.91. The molecule has 7 nitrogen and oxygen atoms in total. The number of ether oxygens (including phenoxy) is 1. The largest absolute Gasteiger partial charge is 0.496 e. The molecule has 28 heavy (non-hydrogen) atoms. The zero-order chi connectivity index (χ0) is 20.3. The molecule has 2 saturated heterocycles. The molecule has 0 aromatic heterocycles. The minimum atomic E-state index is -0.0304. The first kappa shape index (κ1) is 20.7. The van der Waals surface area contributed by atoms with E-state index in [2.05, 4.69) is 17.1 Å². The van der Waals surface area contributed by atoms with Gasteiger partial charge in [-0.3, -0.25) is 9.69 Å². The van der Waals surface area contributed by atoms with Gasteiger partial charge in [-0.25, -0.2) is 4.79 Å². The number of amides is 3. The highest BCUT2D eigenvalue weighted by atomic mass is 35.5. The first-order valence-electron chi connectivity index (χ1n) is 9.78. The highest BCUT2D eigenvalue weighted by Gasteiger charge is 2.44. The van der Waals surface area contributed by atoms with Gasteiger partial charge in [-0.05, 0) is 31.0 Å². The normalized spacial score (nSPS) is 23.0. The fourth-order valence-corrected chi connectivity index (χ4v) is 4.52. The van der Waals surface area contributed by atoms with Crippen molar-refractivity contribution in [3.63, 3.8) is 0 Å². The Morgan fingerprint density at radius 3 is 2.50 bits per heavy atom. The number of likely N-dealkylation sites (tertiary alicyclic amines) is 1. The molecule has 1 atom stereocenters. The van der Waals surface area contributed by atoms with E-state index in [1.807, 2.05) is 9.80 Å². The summed E-state index contributed by atoms with van der Waals surface area (Å²) in [7, 11) is 3.22. The molecule has 1 N–H and O–H groups in total. The quantitative estimate of drug-likeness (QED) is 0.830. The van der Waals surface area contributed by atoms with Crippen molar-refractivity contribution < 1.29 is 14.3 Å². The number of nitrogens with one attached hydrogen (secondary N) is 1. The number of methoxy groups -OCH3 is 1. The van der Waals surface area contributed by atoms with Gasteiger partial charge in [0.2, 0.25) is 0 Å². The Balaban J connectivity index is 1.66. The van der Waals surface area contributed by atoms with Crippen molar-refractivity contribution in [2.24, 2.45) is 0 Å². The number of hydrogen-bond acceptors (Lipinski definition) is 4. The van der Waals surface area contributed by atoms with E-state index < -0.39 is 0 Å². The van der Waals surface area contributed by atoms with Crippen molar-refractivity contribution >= 4 is 23.5 Å². The third-order valence-corrected chi connectivity index (χ3v) is 6.36. The summed E-state index contributed by atoms with van der Waals surface area (Å²) in [6.45, 7) is 6.62. The summed E-state index contributed by atoms with van der Waals surface area (Å²) in [5, 5.41) is 3.27. The molecule has 2 heterocycles. The van der Waals surface area contributed by atoms with Gasteiger partial charge in [-0.1, -0.05) is 18.5 Å². The van der Waals surface area contributed by atoms with Crippen molar-refractivity contribution in [1.82, 2.24) is 20.0 Å². The van der Waals surface area contributed by atoms with E-state index in [1.54, 1.807) is 32.4 Å². The number of piperazine rings is 1. The molecule has 2 aliphatic heterocycles. The van der Waals surface area contributed by atoms with Gasteiger partial charge >= 0.3 is 6.03 Å². The Hall–Kier alpha value is -1.99. The van der Waals surface area contributed by atoms with Crippen molar-refractivity contribution in [2.75, 3.05) is 53.4 Å². The summed E-state index contributed by atoms with van der Waals surface area (Å²) < 4.78 is 5.33. The zero-order valence-corrected chi connectivity index (χ0v) is 17.6. The summed E-state index contributed by atoms with van der Waals surface area (Å²) in [4.78, 5) is 31.2. The number of urea groups is 1. The molecule has 3 amide bonds. The molecule has 2 fully saturated rings. The van der Waals surface area contributed by atoms with Crippen molar-refractivity contribution in [3.05, 3.63) is 28.8 Å². The molecule has 0 aliphatic carbocycles. The molecule has 2 aliphatic rings. The van der Waals surface area contributed by atoms with Crippen LogP contribution in [0.5, 0.6) is 5.75 Å². The highest BCUT2D eigenvalue weighted by Crippen LogP contribution is 2.33. The summed E-state index contributed by atoms with van der Waals surface area (Å²) in [5.41, 5.74) is 0.539. The maximum Gasteiger partial charge on any atom is 0.317 e. The van der Waals surface area contributed by atoms with Crippen LogP contribution in [0.2, 0.25) is 5.02 Å². The van der Waals surface area contributed by atoms with Crippen LogP contribution in [-0.4, -0.2) is 85.6 Å². The average molecular weight is 409 g/mol. The number of nitrogens with zero attached hydrogens (tertiary/aromatic N) is 3. The van der Waals surface area contributed by atoms with Crippen LogP contribution in [0.1, 0.15) is 30.1 Å². The minimum absolute atomic E-state index is 0.000387. The van der Waals surface area contributed by atoms with Gasteiger partial charge < -0.3 is 19.9 Å². The Labute approximate surface area is 171 Å². The van der Waals surface area contributed by atoms with E-state index >= 15 is 0 Å². The van der Waals surface area contributed by atoms with E-state index in [0.717, 1.165) is 39.0 Å². The van der Waals surface area contributed by atoms with E-state index in [9.17, 15) is 9.59 Å². The van der Waals surface area contributed by atoms with Gasteiger partial charge in [0.25, 0.3) is 5.91 Å². The number of hydrogen-bond donors (Lipinski definition) is 1. The van der Waals surface area contributed by atoms with Crippen LogP contribution >= 0.6 is 11.6 Å². The molecule has 0 radical (unpaired) electrons. The van der Waals surface area contributed by atoms with Gasteiger partial charge in [0.1, 0.15) is 5.75 Å². The fourth-order valence-electron chi connectivity index (χ4n) is 4.35. The second-order valence-electron chi connectivity index (χ2n) is 7.43. The molecule has 0 bridgehead atoms.